The minimum atomic E-state index is -0.751. The Morgan fingerprint density at radius 2 is 1.80 bits per heavy atom. The summed E-state index contributed by atoms with van der Waals surface area (Å²) in [5, 5.41) is 3.73. The molecule has 1 atom stereocenters. The van der Waals surface area contributed by atoms with E-state index in [0.29, 0.717) is 12.8 Å². The van der Waals surface area contributed by atoms with E-state index in [0.717, 1.165) is 22.0 Å². The smallest absolute Gasteiger partial charge is 0.240 e. The highest BCUT2D eigenvalue weighted by Crippen LogP contribution is 2.19. The van der Waals surface area contributed by atoms with Crippen LogP contribution in [0, 0.1) is 6.42 Å². The minimum Gasteiger partial charge on any atom is -0.368 e. The first-order valence-electron chi connectivity index (χ1n) is 8.15. The highest BCUT2D eigenvalue weighted by atomic mass is 16.2. The van der Waals surface area contributed by atoms with Gasteiger partial charge >= 0.3 is 0 Å². The van der Waals surface area contributed by atoms with Crippen LogP contribution in [0.25, 0.3) is 10.9 Å². The van der Waals surface area contributed by atoms with Gasteiger partial charge in [0.1, 0.15) is 6.04 Å². The summed E-state index contributed by atoms with van der Waals surface area (Å²) in [5.74, 6) is -0.848. The van der Waals surface area contributed by atoms with E-state index in [1.54, 1.807) is 0 Å². The number of fused-ring (bicyclic) bond motifs is 1. The van der Waals surface area contributed by atoms with E-state index in [4.69, 9.17) is 5.73 Å². The average molecular weight is 334 g/mol. The summed E-state index contributed by atoms with van der Waals surface area (Å²) in [6.07, 6.45) is 4.23. The number of primary amides is 1. The van der Waals surface area contributed by atoms with E-state index >= 15 is 0 Å². The lowest BCUT2D eigenvalue weighted by Gasteiger charge is -2.15. The Kier molecular flexibility index (Phi) is 5.14. The predicted molar refractivity (Wildman–Crippen MR) is 97.6 cm³/mol. The molecule has 0 unspecified atom stereocenters. The van der Waals surface area contributed by atoms with Gasteiger partial charge in [0.15, 0.2) is 0 Å². The summed E-state index contributed by atoms with van der Waals surface area (Å²) in [6.45, 7) is 0. The van der Waals surface area contributed by atoms with Gasteiger partial charge in [-0.3, -0.25) is 9.59 Å². The van der Waals surface area contributed by atoms with Crippen LogP contribution < -0.4 is 11.1 Å². The zero-order valence-electron chi connectivity index (χ0n) is 13.7. The fourth-order valence-corrected chi connectivity index (χ4v) is 2.80. The molecular weight excluding hydrogens is 314 g/mol. The number of benzene rings is 2. The van der Waals surface area contributed by atoms with Gasteiger partial charge < -0.3 is 16.0 Å². The van der Waals surface area contributed by atoms with Crippen molar-refractivity contribution in [2.45, 2.75) is 18.9 Å². The Bertz CT molecular complexity index is 871. The highest BCUT2D eigenvalue weighted by molar-refractivity contribution is 5.91. The predicted octanol–water partition coefficient (Wildman–Crippen LogP) is 2.13. The largest absolute Gasteiger partial charge is 0.368 e. The normalized spacial score (nSPS) is 12.0. The number of nitrogens with two attached hydrogens (primary N) is 1. The number of carbonyl (C=O) groups is 2. The quantitative estimate of drug-likeness (QED) is 0.618. The molecular formula is C20H20N3O2. The van der Waals surface area contributed by atoms with Gasteiger partial charge in [0.25, 0.3) is 0 Å². The molecule has 5 nitrogen and oxygen atoms in total. The molecule has 0 bridgehead atoms. The average Bonchev–Trinajstić information content (AvgIpc) is 3.03. The van der Waals surface area contributed by atoms with Crippen molar-refractivity contribution in [3.8, 4) is 0 Å². The van der Waals surface area contributed by atoms with Crippen molar-refractivity contribution in [1.29, 1.82) is 0 Å². The van der Waals surface area contributed by atoms with Gasteiger partial charge in [0.05, 0.1) is 6.42 Å². The van der Waals surface area contributed by atoms with Gasteiger partial charge in [0, 0.05) is 23.5 Å². The summed E-state index contributed by atoms with van der Waals surface area (Å²) in [7, 11) is 0. The third kappa shape index (κ3) is 4.26. The molecule has 0 aliphatic heterocycles. The molecule has 1 heterocycles. The zero-order chi connectivity index (χ0) is 17.6. The Labute approximate surface area is 146 Å². The Hall–Kier alpha value is -3.08. The Morgan fingerprint density at radius 1 is 1.08 bits per heavy atom. The highest BCUT2D eigenvalue weighted by Gasteiger charge is 2.20. The standard InChI is InChI=1S/C20H20N3O2/c21-20(25)18(12-15-13-22-17-9-5-4-8-16(15)17)23-19(24)11-10-14-6-2-1-3-7-14/h1-9,11,13,18,22H,10,12H2,(H2,21,25)(H,23,24)/t18-/m0/s1. The molecule has 0 aliphatic rings. The molecule has 2 aromatic carbocycles. The van der Waals surface area contributed by atoms with Gasteiger partial charge in [-0.05, 0) is 23.6 Å². The molecule has 3 aromatic rings. The maximum Gasteiger partial charge on any atom is 0.240 e. The number of hydrogen-bond donors (Lipinski definition) is 3. The molecule has 0 aliphatic carbocycles. The summed E-state index contributed by atoms with van der Waals surface area (Å²) in [5.41, 5.74) is 8.44. The maximum atomic E-state index is 12.1. The molecule has 25 heavy (non-hydrogen) atoms. The second-order valence-electron chi connectivity index (χ2n) is 5.92. The van der Waals surface area contributed by atoms with Crippen LogP contribution in [0.3, 0.4) is 0 Å². The number of carbonyl (C=O) groups excluding carboxylic acids is 2. The van der Waals surface area contributed by atoms with Crippen molar-refractivity contribution in [3.63, 3.8) is 0 Å². The summed E-state index contributed by atoms with van der Waals surface area (Å²) in [4.78, 5) is 27.1. The molecule has 0 fully saturated rings. The summed E-state index contributed by atoms with van der Waals surface area (Å²) >= 11 is 0. The number of nitrogens with one attached hydrogen (secondary N) is 2. The second kappa shape index (κ2) is 7.66. The monoisotopic (exact) mass is 334 g/mol. The molecule has 5 heteroatoms. The van der Waals surface area contributed by atoms with Crippen molar-refractivity contribution in [3.05, 3.63) is 78.3 Å². The van der Waals surface area contributed by atoms with E-state index in [-0.39, 0.29) is 5.91 Å². The third-order valence-corrected chi connectivity index (χ3v) is 4.12. The molecule has 127 valence electrons. The van der Waals surface area contributed by atoms with Crippen LogP contribution in [0.15, 0.2) is 60.8 Å². The number of amides is 2. The van der Waals surface area contributed by atoms with Crippen LogP contribution in [0.4, 0.5) is 0 Å². The lowest BCUT2D eigenvalue weighted by molar-refractivity contribution is -0.125. The van der Waals surface area contributed by atoms with Gasteiger partial charge in [-0.1, -0.05) is 48.5 Å². The first kappa shape index (κ1) is 16.8. The molecule has 3 rings (SSSR count). The van der Waals surface area contributed by atoms with E-state index < -0.39 is 11.9 Å². The number of H-pyrrole nitrogens is 1. The summed E-state index contributed by atoms with van der Waals surface area (Å²) < 4.78 is 0. The number of rotatable bonds is 7. The fraction of sp³-hybridized carbons (Fsp3) is 0.150. The SMILES string of the molecule is NC(=O)[C@H](Cc1c[nH]c2ccccc12)NC(=O)[CH]Cc1ccccc1. The molecule has 0 spiro atoms. The molecule has 0 saturated carbocycles. The third-order valence-electron chi connectivity index (χ3n) is 4.12. The van der Waals surface area contributed by atoms with Gasteiger partial charge in [-0.25, -0.2) is 0 Å². The van der Waals surface area contributed by atoms with Gasteiger partial charge in [0.2, 0.25) is 11.8 Å². The fourth-order valence-electron chi connectivity index (χ4n) is 2.80. The van der Waals surface area contributed by atoms with Crippen LogP contribution in [0.1, 0.15) is 11.1 Å². The number of aromatic nitrogens is 1. The summed E-state index contributed by atoms with van der Waals surface area (Å²) in [6, 6.07) is 16.7. The molecule has 0 saturated heterocycles. The molecule has 2 amide bonds. The minimum absolute atomic E-state index is 0.299. The molecule has 4 N–H and O–H groups in total. The van der Waals surface area contributed by atoms with Crippen molar-refractivity contribution < 1.29 is 9.59 Å². The van der Waals surface area contributed by atoms with Crippen molar-refractivity contribution in [1.82, 2.24) is 10.3 Å². The second-order valence-corrected chi connectivity index (χ2v) is 5.92. The van der Waals surface area contributed by atoms with Crippen LogP contribution >= 0.6 is 0 Å². The lowest BCUT2D eigenvalue weighted by atomic mass is 10.0. The zero-order valence-corrected chi connectivity index (χ0v) is 13.7. The van der Waals surface area contributed by atoms with Crippen molar-refractivity contribution >= 4 is 22.7 Å². The van der Waals surface area contributed by atoms with Crippen LogP contribution in [0.2, 0.25) is 0 Å². The van der Waals surface area contributed by atoms with Gasteiger partial charge in [-0.2, -0.15) is 0 Å². The number of hydrogen-bond acceptors (Lipinski definition) is 2. The Morgan fingerprint density at radius 3 is 2.56 bits per heavy atom. The van der Waals surface area contributed by atoms with E-state index in [1.165, 1.54) is 6.42 Å². The number of para-hydroxylation sites is 1. The van der Waals surface area contributed by atoms with E-state index in [2.05, 4.69) is 10.3 Å². The van der Waals surface area contributed by atoms with Crippen LogP contribution in [-0.2, 0) is 22.4 Å². The Balaban J connectivity index is 1.63. The van der Waals surface area contributed by atoms with E-state index in [1.807, 2.05) is 60.8 Å². The topological polar surface area (TPSA) is 88.0 Å². The lowest BCUT2D eigenvalue weighted by Crippen LogP contribution is -2.46. The first-order chi connectivity index (χ1) is 12.1. The maximum absolute atomic E-state index is 12.1. The van der Waals surface area contributed by atoms with Crippen LogP contribution in [-0.4, -0.2) is 22.8 Å². The first-order valence-corrected chi connectivity index (χ1v) is 8.15. The van der Waals surface area contributed by atoms with Gasteiger partial charge in [-0.15, -0.1) is 0 Å². The van der Waals surface area contributed by atoms with Crippen molar-refractivity contribution in [2.75, 3.05) is 0 Å². The molecule has 1 aromatic heterocycles. The van der Waals surface area contributed by atoms with Crippen LogP contribution in [0.5, 0.6) is 0 Å². The molecule has 1 radical (unpaired) electrons. The van der Waals surface area contributed by atoms with Crippen molar-refractivity contribution in [2.24, 2.45) is 5.73 Å². The number of aromatic amines is 1. The van der Waals surface area contributed by atoms with E-state index in [9.17, 15) is 9.59 Å².